The average Bonchev–Trinajstić information content (AvgIpc) is 2.95. The van der Waals surface area contributed by atoms with Gasteiger partial charge >= 0.3 is 60.5 Å². The molecule has 0 amide bonds. The largest absolute Gasteiger partial charge is 0.460 e. The van der Waals surface area contributed by atoms with Crippen molar-refractivity contribution in [1.29, 1.82) is 0 Å². The van der Waals surface area contributed by atoms with E-state index in [1.165, 1.54) is 0 Å². The molecule has 0 bridgehead atoms. The molecule has 0 radical (unpaired) electrons. The molecule has 0 saturated heterocycles. The summed E-state index contributed by atoms with van der Waals surface area (Å²) in [5.41, 5.74) is -6.63. The molecule has 0 aliphatic carbocycles. The minimum Gasteiger partial charge on any atom is -0.427 e. The van der Waals surface area contributed by atoms with Crippen molar-refractivity contribution in [2.24, 2.45) is 16.2 Å². The lowest BCUT2D eigenvalue weighted by molar-refractivity contribution is -0.342. The summed E-state index contributed by atoms with van der Waals surface area (Å²) in [5, 5.41) is 0. The third-order valence-corrected chi connectivity index (χ3v) is 6.85. The quantitative estimate of drug-likeness (QED) is 0.0705. The Balaban J connectivity index is 8.16. The van der Waals surface area contributed by atoms with Gasteiger partial charge in [-0.1, -0.05) is 62.3 Å². The van der Waals surface area contributed by atoms with Crippen LogP contribution in [0.1, 0.15) is 62.3 Å². The molecule has 0 spiro atoms. The molecular weight excluding hydrogens is 867 g/mol. The highest BCUT2D eigenvalue weighted by molar-refractivity contribution is 5.98. The van der Waals surface area contributed by atoms with Crippen LogP contribution in [0.25, 0.3) is 0 Å². The first-order chi connectivity index (χ1) is 24.9. The molecule has 6 nitrogen and oxygen atoms in total. The first kappa shape index (κ1) is 54.2. The summed E-state index contributed by atoms with van der Waals surface area (Å²) in [6.07, 6.45) is -23.9. The summed E-state index contributed by atoms with van der Waals surface area (Å²) >= 11 is 0. The summed E-state index contributed by atoms with van der Waals surface area (Å²) in [5.74, 6) is -57.0. The lowest BCUT2D eigenvalue weighted by Crippen LogP contribution is -2.56. The number of carbonyl (C=O) groups is 3. The van der Waals surface area contributed by atoms with Crippen LogP contribution in [0.15, 0.2) is 35.5 Å². The molecule has 0 saturated carbocycles. The minimum absolute atomic E-state index is 0.747. The summed E-state index contributed by atoms with van der Waals surface area (Å²) in [7, 11) is 0. The van der Waals surface area contributed by atoms with Crippen LogP contribution in [-0.4, -0.2) is 77.9 Å². The molecule has 338 valence electrons. The Morgan fingerprint density at radius 3 is 0.621 bits per heavy atom. The Bertz CT molecular complexity index is 1430. The van der Waals surface area contributed by atoms with Crippen molar-refractivity contribution in [2.75, 3.05) is 0 Å². The molecule has 0 aliphatic heterocycles. The topological polar surface area (TPSA) is 78.9 Å². The Hall–Kier alpha value is -3.84. The zero-order chi connectivity index (χ0) is 47.3. The van der Waals surface area contributed by atoms with E-state index < -0.39 is 130 Å². The third-order valence-electron chi connectivity index (χ3n) is 6.85. The van der Waals surface area contributed by atoms with Gasteiger partial charge in [0.15, 0.2) is 0 Å². The van der Waals surface area contributed by atoms with Crippen LogP contribution in [-0.2, 0) is 28.6 Å². The fourth-order valence-electron chi connectivity index (χ4n) is 3.29. The first-order valence-corrected chi connectivity index (χ1v) is 15.1. The summed E-state index contributed by atoms with van der Waals surface area (Å²) in [6, 6.07) is 0. The maximum atomic E-state index is 14.3. The van der Waals surface area contributed by atoms with Crippen LogP contribution in [0.3, 0.4) is 0 Å². The maximum Gasteiger partial charge on any atom is 0.460 e. The van der Waals surface area contributed by atoms with Crippen molar-refractivity contribution in [1.82, 2.24) is 0 Å². The van der Waals surface area contributed by atoms with Crippen LogP contribution in [0.2, 0.25) is 0 Å². The van der Waals surface area contributed by atoms with E-state index >= 15 is 0 Å². The van der Waals surface area contributed by atoms with Crippen LogP contribution in [0, 0.1) is 16.2 Å². The normalized spacial score (nSPS) is 16.1. The predicted molar refractivity (Wildman–Crippen MR) is 153 cm³/mol. The molecule has 0 heterocycles. The van der Waals surface area contributed by atoms with E-state index in [0.717, 1.165) is 62.3 Å². The highest BCUT2D eigenvalue weighted by atomic mass is 19.4. The van der Waals surface area contributed by atoms with Crippen molar-refractivity contribution >= 4 is 17.3 Å². The molecular formula is C31H31F21O6. The highest BCUT2D eigenvalue weighted by Crippen LogP contribution is 2.50. The number of carbonyl (C=O) groups excluding carboxylic acids is 3. The van der Waals surface area contributed by atoms with Crippen molar-refractivity contribution in [3.63, 3.8) is 0 Å². The standard InChI is InChI=1S/C31H31F21O6/c1-20(2,3)16(10-13(53)23(32,33)26(38,39)29(44,45)46)56-19(57-17(21(4,5)6)11-14(54)24(34,35)27(40,41)30(47,48)49)58-18(22(7,8)9)12-15(55)25(36,37)28(42,43)31(50,51)52/h10-12,19H,1-9H3/b16-10+,17-11+,18-12+. The molecule has 58 heavy (non-hydrogen) atoms. The molecule has 0 aromatic rings. The predicted octanol–water partition coefficient (Wildman–Crippen LogP) is 11.3. The molecule has 0 unspecified atom stereocenters. The van der Waals surface area contributed by atoms with Gasteiger partial charge in [-0.05, 0) is 0 Å². The molecule has 27 heteroatoms. The highest BCUT2D eigenvalue weighted by Gasteiger charge is 2.77. The van der Waals surface area contributed by atoms with Gasteiger partial charge in [-0.2, -0.15) is 92.2 Å². The number of alkyl halides is 21. The van der Waals surface area contributed by atoms with Gasteiger partial charge in [0, 0.05) is 34.5 Å². The minimum atomic E-state index is -7.15. The van der Waals surface area contributed by atoms with Gasteiger partial charge in [0.1, 0.15) is 17.3 Å². The lowest BCUT2D eigenvalue weighted by Gasteiger charge is -2.35. The van der Waals surface area contributed by atoms with Gasteiger partial charge in [0.05, 0.1) is 0 Å². The number of ether oxygens (including phenoxy) is 3. The van der Waals surface area contributed by atoms with Crippen molar-refractivity contribution < 1.29 is 121 Å². The molecule has 0 fully saturated rings. The molecule has 0 aliphatic rings. The van der Waals surface area contributed by atoms with Gasteiger partial charge in [-0.3, -0.25) is 14.4 Å². The second-order valence-corrected chi connectivity index (χ2v) is 15.0. The Kier molecular flexibility index (Phi) is 14.9. The monoisotopic (exact) mass is 898 g/mol. The lowest BCUT2D eigenvalue weighted by atomic mass is 9.91. The Morgan fingerprint density at radius 1 is 0.345 bits per heavy atom. The van der Waals surface area contributed by atoms with Crippen molar-refractivity contribution in [3.05, 3.63) is 35.5 Å². The van der Waals surface area contributed by atoms with Gasteiger partial charge in [0.2, 0.25) is 17.3 Å². The van der Waals surface area contributed by atoms with Crippen molar-refractivity contribution in [2.45, 2.75) is 123 Å². The van der Waals surface area contributed by atoms with E-state index in [0.29, 0.717) is 0 Å². The van der Waals surface area contributed by atoms with E-state index in [2.05, 4.69) is 0 Å². The number of ketones is 3. The van der Waals surface area contributed by atoms with Crippen LogP contribution < -0.4 is 0 Å². The third kappa shape index (κ3) is 11.2. The molecule has 0 rings (SSSR count). The van der Waals surface area contributed by atoms with E-state index in [4.69, 9.17) is 14.2 Å². The van der Waals surface area contributed by atoms with Crippen LogP contribution in [0.4, 0.5) is 92.2 Å². The second-order valence-electron chi connectivity index (χ2n) is 15.0. The van der Waals surface area contributed by atoms with Crippen molar-refractivity contribution in [3.8, 4) is 0 Å². The molecule has 0 atom stereocenters. The number of rotatable bonds is 15. The number of halogens is 21. The van der Waals surface area contributed by atoms with E-state index in [-0.39, 0.29) is 0 Å². The van der Waals surface area contributed by atoms with Gasteiger partial charge in [0.25, 0.3) is 0 Å². The maximum absolute atomic E-state index is 14.3. The summed E-state index contributed by atoms with van der Waals surface area (Å²) in [4.78, 5) is 36.7. The van der Waals surface area contributed by atoms with E-state index in [1.54, 1.807) is 0 Å². The Labute approximate surface area is 313 Å². The molecule has 0 aromatic heterocycles. The number of hydrogen-bond acceptors (Lipinski definition) is 6. The average molecular weight is 899 g/mol. The summed E-state index contributed by atoms with van der Waals surface area (Å²) < 4.78 is 297. The van der Waals surface area contributed by atoms with Gasteiger partial charge in [-0.15, -0.1) is 0 Å². The fourth-order valence-corrected chi connectivity index (χ4v) is 3.29. The summed E-state index contributed by atoms with van der Waals surface area (Å²) in [6.45, 7) is 3.29. The number of hydrogen-bond donors (Lipinski definition) is 0. The van der Waals surface area contributed by atoms with E-state index in [1.807, 2.05) is 0 Å². The molecule has 0 N–H and O–H groups in total. The Morgan fingerprint density at radius 2 is 0.500 bits per heavy atom. The van der Waals surface area contributed by atoms with Gasteiger partial charge in [-0.25, -0.2) is 0 Å². The van der Waals surface area contributed by atoms with Crippen LogP contribution in [0.5, 0.6) is 0 Å². The number of allylic oxidation sites excluding steroid dienone is 6. The molecule has 0 aromatic carbocycles. The SMILES string of the molecule is CC(C)(C)/C(=C\C(=O)C(F)(F)C(F)(F)C(F)(F)F)OC(O/C(=C/C(=O)C(F)(F)C(F)(F)C(F)(F)F)C(C)(C)C)O/C(=C/C(=O)C(F)(F)C(F)(F)C(F)(F)F)C(C)(C)C. The zero-order valence-electron chi connectivity index (χ0n) is 30.7. The first-order valence-electron chi connectivity index (χ1n) is 15.1. The zero-order valence-corrected chi connectivity index (χ0v) is 30.7. The smallest absolute Gasteiger partial charge is 0.427 e. The fraction of sp³-hybridized carbons (Fsp3) is 0.710. The van der Waals surface area contributed by atoms with Gasteiger partial charge < -0.3 is 14.2 Å². The second kappa shape index (κ2) is 16.0. The van der Waals surface area contributed by atoms with Crippen LogP contribution >= 0.6 is 0 Å². The van der Waals surface area contributed by atoms with E-state index in [9.17, 15) is 107 Å².